The minimum absolute atomic E-state index is 0.0456. The highest BCUT2D eigenvalue weighted by molar-refractivity contribution is 7.92. The summed E-state index contributed by atoms with van der Waals surface area (Å²) in [6.45, 7) is 0. The number of aromatic amines is 1. The van der Waals surface area contributed by atoms with Crippen LogP contribution in [0.15, 0.2) is 47.5 Å². The zero-order valence-corrected chi connectivity index (χ0v) is 13.3. The van der Waals surface area contributed by atoms with Crippen molar-refractivity contribution >= 4 is 32.6 Å². The number of ether oxygens (including phenoxy) is 1. The van der Waals surface area contributed by atoms with Crippen molar-refractivity contribution in [1.82, 2.24) is 10.2 Å². The fourth-order valence-electron chi connectivity index (χ4n) is 2.27. The van der Waals surface area contributed by atoms with Crippen LogP contribution in [0.2, 0.25) is 0 Å². The Kier molecular flexibility index (Phi) is 3.86. The summed E-state index contributed by atoms with van der Waals surface area (Å²) in [4.78, 5) is 10.8. The Morgan fingerprint density at radius 1 is 1.29 bits per heavy atom. The van der Waals surface area contributed by atoms with E-state index in [0.29, 0.717) is 11.2 Å². The Bertz CT molecular complexity index is 1030. The zero-order valence-electron chi connectivity index (χ0n) is 12.5. The number of sulfonamides is 1. The maximum atomic E-state index is 12.7. The molecule has 2 aromatic carbocycles. The third-order valence-electron chi connectivity index (χ3n) is 3.42. The number of anilines is 1. The van der Waals surface area contributed by atoms with Crippen LogP contribution in [0.4, 0.5) is 5.69 Å². The summed E-state index contributed by atoms with van der Waals surface area (Å²) in [5, 5.41) is 16.4. The van der Waals surface area contributed by atoms with Crippen molar-refractivity contribution < 1.29 is 23.1 Å². The summed E-state index contributed by atoms with van der Waals surface area (Å²) in [6, 6.07) is 8.66. The quantitative estimate of drug-likeness (QED) is 0.649. The highest BCUT2D eigenvalue weighted by Gasteiger charge is 2.22. The lowest BCUT2D eigenvalue weighted by Crippen LogP contribution is -2.15. The Morgan fingerprint density at radius 3 is 2.79 bits per heavy atom. The Balaban J connectivity index is 2.09. The van der Waals surface area contributed by atoms with Gasteiger partial charge in [0.05, 0.1) is 30.1 Å². The van der Waals surface area contributed by atoms with E-state index in [-0.39, 0.29) is 16.2 Å². The van der Waals surface area contributed by atoms with Crippen molar-refractivity contribution in [1.29, 1.82) is 0 Å². The van der Waals surface area contributed by atoms with Crippen LogP contribution in [0.25, 0.3) is 10.9 Å². The van der Waals surface area contributed by atoms with Crippen LogP contribution in [0.5, 0.6) is 5.75 Å². The van der Waals surface area contributed by atoms with Crippen LogP contribution in [-0.2, 0) is 10.0 Å². The van der Waals surface area contributed by atoms with E-state index in [9.17, 15) is 13.2 Å². The van der Waals surface area contributed by atoms with E-state index < -0.39 is 16.0 Å². The van der Waals surface area contributed by atoms with Crippen molar-refractivity contribution in [2.24, 2.45) is 0 Å². The molecule has 1 aromatic heterocycles. The molecular formula is C15H13N3O5S. The monoisotopic (exact) mass is 347 g/mol. The second-order valence-electron chi connectivity index (χ2n) is 4.92. The minimum Gasteiger partial charge on any atom is -0.495 e. The fourth-order valence-corrected chi connectivity index (χ4v) is 3.54. The summed E-state index contributed by atoms with van der Waals surface area (Å²) >= 11 is 0. The highest BCUT2D eigenvalue weighted by Crippen LogP contribution is 2.29. The van der Waals surface area contributed by atoms with E-state index >= 15 is 0 Å². The zero-order chi connectivity index (χ0) is 17.3. The number of H-pyrrole nitrogens is 1. The largest absolute Gasteiger partial charge is 0.495 e. The number of para-hydroxylation sites is 1. The molecule has 0 aliphatic carbocycles. The van der Waals surface area contributed by atoms with Crippen molar-refractivity contribution in [3.8, 4) is 5.75 Å². The normalized spacial score (nSPS) is 11.4. The Morgan fingerprint density at radius 2 is 2.08 bits per heavy atom. The van der Waals surface area contributed by atoms with E-state index in [1.54, 1.807) is 24.4 Å². The van der Waals surface area contributed by atoms with E-state index in [4.69, 9.17) is 9.84 Å². The number of rotatable bonds is 5. The summed E-state index contributed by atoms with van der Waals surface area (Å²) in [6.07, 6.45) is 1.57. The minimum atomic E-state index is -4.07. The lowest BCUT2D eigenvalue weighted by atomic mass is 10.2. The van der Waals surface area contributed by atoms with Crippen LogP contribution in [-0.4, -0.2) is 36.8 Å². The molecule has 1 heterocycles. The van der Waals surface area contributed by atoms with Gasteiger partial charge in [-0.15, -0.1) is 0 Å². The van der Waals surface area contributed by atoms with Crippen LogP contribution in [0.3, 0.4) is 0 Å². The number of aromatic carboxylic acids is 1. The standard InChI is InChI=1S/C15H13N3O5S/c1-23-12-6-5-9(15(19)20)7-13(12)24(21,22)18-11-4-2-3-10-8-16-17-14(10)11/h2-8,18H,1H3,(H,16,17)(H,19,20). The molecule has 0 saturated carbocycles. The van der Waals surface area contributed by atoms with E-state index in [2.05, 4.69) is 14.9 Å². The number of hydrogen-bond acceptors (Lipinski definition) is 5. The van der Waals surface area contributed by atoms with Gasteiger partial charge in [-0.25, -0.2) is 13.2 Å². The van der Waals surface area contributed by atoms with Crippen LogP contribution in [0, 0.1) is 0 Å². The summed E-state index contributed by atoms with van der Waals surface area (Å²) in [7, 11) is -2.76. The maximum absolute atomic E-state index is 12.7. The van der Waals surface area contributed by atoms with Gasteiger partial charge in [0.2, 0.25) is 0 Å². The number of nitrogens with zero attached hydrogens (tertiary/aromatic N) is 1. The lowest BCUT2D eigenvalue weighted by Gasteiger charge is -2.12. The third-order valence-corrected chi connectivity index (χ3v) is 4.81. The van der Waals surface area contributed by atoms with Crippen LogP contribution < -0.4 is 9.46 Å². The van der Waals surface area contributed by atoms with Crippen molar-refractivity contribution in [2.45, 2.75) is 4.90 Å². The number of methoxy groups -OCH3 is 1. The average Bonchev–Trinajstić information content (AvgIpc) is 3.03. The number of benzene rings is 2. The summed E-state index contributed by atoms with van der Waals surface area (Å²) < 4.78 is 32.9. The number of carboxylic acids is 1. The molecule has 9 heteroatoms. The smallest absolute Gasteiger partial charge is 0.335 e. The molecular weight excluding hydrogens is 334 g/mol. The number of carbonyl (C=O) groups is 1. The Hall–Kier alpha value is -3.07. The van der Waals surface area contributed by atoms with E-state index in [0.717, 1.165) is 11.5 Å². The molecule has 0 saturated heterocycles. The molecule has 0 aliphatic heterocycles. The van der Waals surface area contributed by atoms with Gasteiger partial charge in [0.1, 0.15) is 10.6 Å². The van der Waals surface area contributed by atoms with Gasteiger partial charge in [-0.3, -0.25) is 9.82 Å². The van der Waals surface area contributed by atoms with E-state index in [1.807, 2.05) is 0 Å². The van der Waals surface area contributed by atoms with Gasteiger partial charge in [0.15, 0.2) is 0 Å². The maximum Gasteiger partial charge on any atom is 0.335 e. The third kappa shape index (κ3) is 2.76. The first-order valence-electron chi connectivity index (χ1n) is 6.78. The molecule has 24 heavy (non-hydrogen) atoms. The first kappa shape index (κ1) is 15.8. The summed E-state index contributed by atoms with van der Waals surface area (Å²) in [5.74, 6) is -1.19. The predicted octanol–water partition coefficient (Wildman–Crippen LogP) is 2.07. The molecule has 0 atom stereocenters. The molecule has 0 bridgehead atoms. The molecule has 0 unspecified atom stereocenters. The van der Waals surface area contributed by atoms with Crippen LogP contribution in [0.1, 0.15) is 10.4 Å². The highest BCUT2D eigenvalue weighted by atomic mass is 32.2. The molecule has 3 N–H and O–H groups in total. The van der Waals surface area contributed by atoms with E-state index in [1.165, 1.54) is 19.2 Å². The van der Waals surface area contributed by atoms with Gasteiger partial charge in [-0.2, -0.15) is 5.10 Å². The van der Waals surface area contributed by atoms with Crippen molar-refractivity contribution in [3.05, 3.63) is 48.2 Å². The second kappa shape index (κ2) is 5.85. The number of carboxylic acid groups (broad SMARTS) is 1. The number of nitrogens with one attached hydrogen (secondary N) is 2. The van der Waals surface area contributed by atoms with Gasteiger partial charge in [0.25, 0.3) is 10.0 Å². The molecule has 0 fully saturated rings. The predicted molar refractivity (Wildman–Crippen MR) is 86.9 cm³/mol. The molecule has 8 nitrogen and oxygen atoms in total. The molecule has 0 aliphatic rings. The van der Waals surface area contributed by atoms with Crippen molar-refractivity contribution in [2.75, 3.05) is 11.8 Å². The fraction of sp³-hybridized carbons (Fsp3) is 0.0667. The topological polar surface area (TPSA) is 121 Å². The summed E-state index contributed by atoms with van der Waals surface area (Å²) in [5.41, 5.74) is 0.665. The molecule has 0 amide bonds. The van der Waals surface area contributed by atoms with Gasteiger partial charge < -0.3 is 9.84 Å². The molecule has 3 rings (SSSR count). The molecule has 0 radical (unpaired) electrons. The van der Waals surface area contributed by atoms with Gasteiger partial charge in [-0.05, 0) is 24.3 Å². The number of fused-ring (bicyclic) bond motifs is 1. The second-order valence-corrected chi connectivity index (χ2v) is 6.57. The van der Waals surface area contributed by atoms with Gasteiger partial charge >= 0.3 is 5.97 Å². The first-order chi connectivity index (χ1) is 11.4. The number of hydrogen-bond donors (Lipinski definition) is 3. The Labute approximate surface area is 137 Å². The van der Waals surface area contributed by atoms with Gasteiger partial charge in [-0.1, -0.05) is 12.1 Å². The van der Waals surface area contributed by atoms with Gasteiger partial charge in [0, 0.05) is 5.39 Å². The molecule has 0 spiro atoms. The molecule has 124 valence electrons. The first-order valence-corrected chi connectivity index (χ1v) is 8.27. The average molecular weight is 347 g/mol. The van der Waals surface area contributed by atoms with Crippen molar-refractivity contribution in [3.63, 3.8) is 0 Å². The SMILES string of the molecule is COc1ccc(C(=O)O)cc1S(=O)(=O)Nc1cccc2cn[nH]c12. The molecule has 3 aromatic rings. The lowest BCUT2D eigenvalue weighted by molar-refractivity contribution is 0.0696. The van der Waals surface area contributed by atoms with Crippen LogP contribution >= 0.6 is 0 Å². The number of aromatic nitrogens is 2.